The van der Waals surface area contributed by atoms with E-state index in [0.29, 0.717) is 28.6 Å². The first-order valence-electron chi connectivity index (χ1n) is 7.77. The second kappa shape index (κ2) is 8.87. The number of halogens is 2. The van der Waals surface area contributed by atoms with Gasteiger partial charge in [-0.2, -0.15) is 0 Å². The fourth-order valence-electron chi connectivity index (χ4n) is 2.58. The number of hydrogen-bond acceptors (Lipinski definition) is 4. The van der Waals surface area contributed by atoms with Crippen LogP contribution in [0.1, 0.15) is 24.8 Å². The average molecular weight is 385 g/mol. The zero-order valence-corrected chi connectivity index (χ0v) is 14.9. The summed E-state index contributed by atoms with van der Waals surface area (Å²) >= 11 is 11.8. The van der Waals surface area contributed by atoms with Crippen LogP contribution in [-0.2, 0) is 19.1 Å². The van der Waals surface area contributed by atoms with E-state index in [0.717, 1.165) is 12.8 Å². The number of nitrogens with zero attached hydrogens (tertiary/aromatic N) is 1. The van der Waals surface area contributed by atoms with Crippen LogP contribution in [0.5, 0.6) is 0 Å². The van der Waals surface area contributed by atoms with Gasteiger partial charge in [0.1, 0.15) is 6.04 Å². The van der Waals surface area contributed by atoms with E-state index < -0.39 is 30.4 Å². The van der Waals surface area contributed by atoms with Crippen LogP contribution >= 0.6 is 23.2 Å². The van der Waals surface area contributed by atoms with E-state index in [4.69, 9.17) is 33.7 Å². The van der Waals surface area contributed by atoms with E-state index in [9.17, 15) is 14.4 Å². The summed E-state index contributed by atoms with van der Waals surface area (Å²) < 4.78 is 4.93. The molecule has 1 aromatic carbocycles. The molecule has 134 valence electrons. The van der Waals surface area contributed by atoms with Crippen LogP contribution in [0.2, 0.25) is 10.0 Å². The third-order valence-electron chi connectivity index (χ3n) is 3.85. The molecule has 2 amide bonds. The minimum Gasteiger partial charge on any atom is -0.452 e. The summed E-state index contributed by atoms with van der Waals surface area (Å²) in [5, 5.41) is 0.881. The highest BCUT2D eigenvalue weighted by Crippen LogP contribution is 2.22. The van der Waals surface area contributed by atoms with E-state index in [-0.39, 0.29) is 0 Å². The molecule has 0 aliphatic carbocycles. The fraction of sp³-hybridized carbons (Fsp3) is 0.353. The molecule has 2 N–H and O–H groups in total. The Morgan fingerprint density at radius 2 is 2.04 bits per heavy atom. The molecule has 0 bridgehead atoms. The van der Waals surface area contributed by atoms with Crippen LogP contribution in [0.4, 0.5) is 0 Å². The normalized spacial score (nSPS) is 17.5. The molecule has 1 saturated heterocycles. The molecule has 1 heterocycles. The Hall–Kier alpha value is -2.05. The maximum Gasteiger partial charge on any atom is 0.331 e. The molecule has 1 aromatic rings. The van der Waals surface area contributed by atoms with Crippen molar-refractivity contribution in [3.63, 3.8) is 0 Å². The molecule has 0 spiro atoms. The van der Waals surface area contributed by atoms with Crippen molar-refractivity contribution >= 4 is 47.1 Å². The highest BCUT2D eigenvalue weighted by Gasteiger charge is 2.30. The van der Waals surface area contributed by atoms with Crippen molar-refractivity contribution in [1.82, 2.24) is 4.90 Å². The molecule has 6 nitrogen and oxygen atoms in total. The average Bonchev–Trinajstić information content (AvgIpc) is 2.58. The van der Waals surface area contributed by atoms with Crippen molar-refractivity contribution in [3.8, 4) is 0 Å². The Bertz CT molecular complexity index is 706. The van der Waals surface area contributed by atoms with Gasteiger partial charge in [-0.3, -0.25) is 9.59 Å². The lowest BCUT2D eigenvalue weighted by atomic mass is 10.0. The maximum absolute atomic E-state index is 12.2. The third kappa shape index (κ3) is 5.47. The molecular formula is C17H18Cl2N2O4. The lowest BCUT2D eigenvalue weighted by Gasteiger charge is -2.33. The van der Waals surface area contributed by atoms with Crippen molar-refractivity contribution in [3.05, 3.63) is 39.9 Å². The quantitative estimate of drug-likeness (QED) is 0.623. The molecule has 8 heteroatoms. The summed E-state index contributed by atoms with van der Waals surface area (Å²) in [6.07, 6.45) is 4.80. The molecule has 0 radical (unpaired) electrons. The highest BCUT2D eigenvalue weighted by molar-refractivity contribution is 6.35. The Morgan fingerprint density at radius 1 is 1.28 bits per heavy atom. The summed E-state index contributed by atoms with van der Waals surface area (Å²) in [5.41, 5.74) is 5.91. The van der Waals surface area contributed by atoms with Crippen LogP contribution in [0, 0.1) is 0 Å². The van der Waals surface area contributed by atoms with Crippen molar-refractivity contribution in [2.75, 3.05) is 13.2 Å². The first-order valence-corrected chi connectivity index (χ1v) is 8.52. The van der Waals surface area contributed by atoms with Crippen LogP contribution in [0.15, 0.2) is 24.3 Å². The number of carbonyl (C=O) groups is 3. The van der Waals surface area contributed by atoms with Crippen LogP contribution in [-0.4, -0.2) is 41.9 Å². The number of likely N-dealkylation sites (tertiary alicyclic amines) is 1. The second-order valence-corrected chi connectivity index (χ2v) is 6.45. The summed E-state index contributed by atoms with van der Waals surface area (Å²) in [5.74, 6) is -1.67. The molecule has 1 atom stereocenters. The number of rotatable bonds is 5. The van der Waals surface area contributed by atoms with Crippen LogP contribution in [0.25, 0.3) is 6.08 Å². The molecule has 0 aromatic heterocycles. The molecule has 2 rings (SSSR count). The zero-order chi connectivity index (χ0) is 18.4. The van der Waals surface area contributed by atoms with Crippen molar-refractivity contribution in [1.29, 1.82) is 0 Å². The van der Waals surface area contributed by atoms with Gasteiger partial charge >= 0.3 is 5.97 Å². The molecule has 1 aliphatic heterocycles. The Labute approximate surface area is 155 Å². The van der Waals surface area contributed by atoms with Crippen LogP contribution in [0.3, 0.4) is 0 Å². The van der Waals surface area contributed by atoms with Gasteiger partial charge < -0.3 is 15.4 Å². The van der Waals surface area contributed by atoms with E-state index >= 15 is 0 Å². The lowest BCUT2D eigenvalue weighted by Crippen LogP contribution is -2.51. The van der Waals surface area contributed by atoms with Gasteiger partial charge in [0.25, 0.3) is 5.91 Å². The number of benzene rings is 1. The third-order valence-corrected chi connectivity index (χ3v) is 4.41. The minimum absolute atomic E-state index is 0.394. The molecule has 25 heavy (non-hydrogen) atoms. The summed E-state index contributed by atoms with van der Waals surface area (Å²) in [4.78, 5) is 36.7. The molecule has 0 saturated carbocycles. The minimum atomic E-state index is -0.688. The summed E-state index contributed by atoms with van der Waals surface area (Å²) in [6.45, 7) is -0.0124. The van der Waals surface area contributed by atoms with Gasteiger partial charge in [-0.05, 0) is 43.0 Å². The highest BCUT2D eigenvalue weighted by atomic mass is 35.5. The fourth-order valence-corrected chi connectivity index (χ4v) is 3.06. The predicted octanol–water partition coefficient (Wildman–Crippen LogP) is 2.42. The molecule has 0 unspecified atom stereocenters. The van der Waals surface area contributed by atoms with E-state index in [2.05, 4.69) is 0 Å². The molecule has 1 fully saturated rings. The number of primary amides is 1. The summed E-state index contributed by atoms with van der Waals surface area (Å²) in [6, 6.07) is 4.22. The van der Waals surface area contributed by atoms with Crippen LogP contribution < -0.4 is 5.73 Å². The van der Waals surface area contributed by atoms with Gasteiger partial charge in [-0.15, -0.1) is 0 Å². The monoisotopic (exact) mass is 384 g/mol. The second-order valence-electron chi connectivity index (χ2n) is 5.61. The number of hydrogen-bond donors (Lipinski definition) is 1. The smallest absolute Gasteiger partial charge is 0.331 e. The van der Waals surface area contributed by atoms with E-state index in [1.54, 1.807) is 18.2 Å². The first-order chi connectivity index (χ1) is 11.9. The number of nitrogens with two attached hydrogens (primary N) is 1. The van der Waals surface area contributed by atoms with Gasteiger partial charge in [0.05, 0.1) is 0 Å². The number of esters is 1. The van der Waals surface area contributed by atoms with Gasteiger partial charge in [0.2, 0.25) is 5.91 Å². The molecule has 1 aliphatic rings. The number of carbonyl (C=O) groups excluding carboxylic acids is 3. The van der Waals surface area contributed by atoms with Crippen molar-refractivity contribution in [2.45, 2.75) is 25.3 Å². The predicted molar refractivity (Wildman–Crippen MR) is 95.0 cm³/mol. The topological polar surface area (TPSA) is 89.7 Å². The molecular weight excluding hydrogens is 367 g/mol. The Kier molecular flexibility index (Phi) is 6.84. The number of piperidine rings is 1. The van der Waals surface area contributed by atoms with Crippen molar-refractivity contribution in [2.24, 2.45) is 5.73 Å². The van der Waals surface area contributed by atoms with Crippen molar-refractivity contribution < 1.29 is 19.1 Å². The van der Waals surface area contributed by atoms with Gasteiger partial charge in [-0.1, -0.05) is 29.3 Å². The number of ether oxygens (including phenoxy) is 1. The zero-order valence-electron chi connectivity index (χ0n) is 13.4. The van der Waals surface area contributed by atoms with Gasteiger partial charge in [0.15, 0.2) is 6.61 Å². The van der Waals surface area contributed by atoms with E-state index in [1.807, 2.05) is 0 Å². The SMILES string of the molecule is NC(=O)[C@H]1CCCCN1C(=O)COC(=O)/C=C/c1ccc(Cl)cc1Cl. The standard InChI is InChI=1S/C17H18Cl2N2O4/c18-12-6-4-11(13(19)9-12)5-7-16(23)25-10-15(22)21-8-2-1-3-14(21)17(20)24/h4-7,9,14H,1-3,8,10H2,(H2,20,24)/b7-5+/t14-/m1/s1. The first kappa shape index (κ1) is 19.3. The van der Waals surface area contributed by atoms with Gasteiger partial charge in [0, 0.05) is 22.7 Å². The largest absolute Gasteiger partial charge is 0.452 e. The number of amides is 2. The maximum atomic E-state index is 12.2. The van der Waals surface area contributed by atoms with Gasteiger partial charge in [-0.25, -0.2) is 4.79 Å². The Balaban J connectivity index is 1.89. The van der Waals surface area contributed by atoms with E-state index in [1.165, 1.54) is 17.1 Å². The summed E-state index contributed by atoms with van der Waals surface area (Å²) in [7, 11) is 0. The lowest BCUT2D eigenvalue weighted by molar-refractivity contribution is -0.151. The Morgan fingerprint density at radius 3 is 2.72 bits per heavy atom.